The minimum atomic E-state index is -4.60. The summed E-state index contributed by atoms with van der Waals surface area (Å²) in [5, 5.41) is 11.6. The van der Waals surface area contributed by atoms with E-state index in [9.17, 15) is 27.2 Å². The number of aromatic nitrogens is 4. The van der Waals surface area contributed by atoms with Crippen molar-refractivity contribution in [3.05, 3.63) is 64.7 Å². The van der Waals surface area contributed by atoms with E-state index in [1.165, 1.54) is 6.20 Å². The minimum absolute atomic E-state index is 0.0331. The highest BCUT2D eigenvalue weighted by atomic mass is 19.4. The summed E-state index contributed by atoms with van der Waals surface area (Å²) in [4.78, 5) is 42.3. The first-order chi connectivity index (χ1) is 21.9. The van der Waals surface area contributed by atoms with Crippen molar-refractivity contribution in [2.45, 2.75) is 50.6 Å². The molecule has 0 radical (unpaired) electrons. The van der Waals surface area contributed by atoms with Gasteiger partial charge in [-0.2, -0.15) is 18.2 Å². The van der Waals surface area contributed by atoms with Crippen molar-refractivity contribution < 1.29 is 37.0 Å². The van der Waals surface area contributed by atoms with Crippen molar-refractivity contribution in [2.75, 3.05) is 37.5 Å². The van der Waals surface area contributed by atoms with Crippen molar-refractivity contribution in [3.63, 3.8) is 0 Å². The second-order valence-corrected chi connectivity index (χ2v) is 12.2. The van der Waals surface area contributed by atoms with Gasteiger partial charge in [-0.25, -0.2) is 14.2 Å². The van der Waals surface area contributed by atoms with Gasteiger partial charge in [0.25, 0.3) is 5.91 Å². The number of aromatic amines is 1. The Labute approximate surface area is 261 Å². The summed E-state index contributed by atoms with van der Waals surface area (Å²) >= 11 is 0. The molecule has 2 aliphatic rings. The van der Waals surface area contributed by atoms with Gasteiger partial charge in [-0.3, -0.25) is 15.1 Å². The van der Waals surface area contributed by atoms with E-state index in [0.29, 0.717) is 37.2 Å². The summed E-state index contributed by atoms with van der Waals surface area (Å²) in [5.41, 5.74) is -0.136. The Morgan fingerprint density at radius 2 is 1.89 bits per heavy atom. The number of hydrogen-bond donors (Lipinski definition) is 3. The molecule has 242 valence electrons. The number of fused-ring (bicyclic) bond motifs is 1. The fraction of sp³-hybridized carbons (Fsp3) is 0.406. The molecule has 2 saturated carbocycles. The van der Waals surface area contributed by atoms with Gasteiger partial charge in [0.2, 0.25) is 5.95 Å². The highest BCUT2D eigenvalue weighted by molar-refractivity contribution is 6.05. The van der Waals surface area contributed by atoms with Gasteiger partial charge in [0.1, 0.15) is 11.3 Å². The number of halogens is 4. The van der Waals surface area contributed by atoms with E-state index in [2.05, 4.69) is 25.3 Å². The lowest BCUT2D eigenvalue weighted by Crippen LogP contribution is -2.37. The largest absolute Gasteiger partial charge is 0.478 e. The van der Waals surface area contributed by atoms with Crippen LogP contribution in [0.4, 0.5) is 29.2 Å². The number of carboxylic acids is 1. The van der Waals surface area contributed by atoms with Gasteiger partial charge in [0.05, 0.1) is 40.4 Å². The summed E-state index contributed by atoms with van der Waals surface area (Å²) in [6.45, 7) is 1.12. The number of hydrogen-bond acceptors (Lipinski definition) is 7. The summed E-state index contributed by atoms with van der Waals surface area (Å²) < 4.78 is 62.4. The van der Waals surface area contributed by atoms with Crippen LogP contribution in [-0.4, -0.2) is 64.2 Å². The van der Waals surface area contributed by atoms with Crippen LogP contribution in [-0.2, 0) is 10.9 Å². The zero-order valence-corrected chi connectivity index (χ0v) is 25.2. The maximum Gasteiger partial charge on any atom is 0.418 e. The first-order valence-electron chi connectivity index (χ1n) is 14.9. The number of methoxy groups -OCH3 is 1. The van der Waals surface area contributed by atoms with Crippen molar-refractivity contribution in [2.24, 2.45) is 5.41 Å². The summed E-state index contributed by atoms with van der Waals surface area (Å²) in [5.74, 6) is -3.55. The zero-order chi connectivity index (χ0) is 32.8. The van der Waals surface area contributed by atoms with Gasteiger partial charge in [-0.05, 0) is 56.0 Å². The molecule has 0 atom stereocenters. The first-order valence-corrected chi connectivity index (χ1v) is 14.9. The number of amides is 1. The molecular formula is C32H32F4N6O4. The number of nitrogens with one attached hydrogen (secondary N) is 2. The number of benzene rings is 1. The number of carboxylic acid groups (broad SMARTS) is 1. The number of carbonyl (C=O) groups excluding carboxylic acids is 1. The predicted molar refractivity (Wildman–Crippen MR) is 161 cm³/mol. The number of ether oxygens (including phenoxy) is 1. The van der Waals surface area contributed by atoms with Gasteiger partial charge >= 0.3 is 12.1 Å². The molecule has 3 aromatic heterocycles. The minimum Gasteiger partial charge on any atom is -0.478 e. The second kappa shape index (κ2) is 12.0. The number of anilines is 2. The topological polar surface area (TPSA) is 133 Å². The maximum atomic E-state index is 14.6. The van der Waals surface area contributed by atoms with E-state index in [1.54, 1.807) is 13.2 Å². The Morgan fingerprint density at radius 3 is 2.52 bits per heavy atom. The molecule has 10 nitrogen and oxygen atoms in total. The number of nitrogens with zero attached hydrogens (tertiary/aromatic N) is 4. The number of pyridine rings is 2. The van der Waals surface area contributed by atoms with E-state index in [4.69, 9.17) is 9.84 Å². The normalized spacial score (nSPS) is 16.1. The fourth-order valence-electron chi connectivity index (χ4n) is 6.38. The Morgan fingerprint density at radius 1 is 1.15 bits per heavy atom. The average molecular weight is 641 g/mol. The molecule has 3 N–H and O–H groups in total. The molecule has 14 heteroatoms. The molecular weight excluding hydrogens is 608 g/mol. The average Bonchev–Trinajstić information content (AvgIpc) is 3.62. The quantitative estimate of drug-likeness (QED) is 0.164. The Balaban J connectivity index is 1.41. The van der Waals surface area contributed by atoms with Crippen LogP contribution in [0.3, 0.4) is 0 Å². The van der Waals surface area contributed by atoms with Crippen LogP contribution in [0.5, 0.6) is 0 Å². The fourth-order valence-corrected chi connectivity index (χ4v) is 6.38. The predicted octanol–water partition coefficient (Wildman–Crippen LogP) is 6.65. The van der Waals surface area contributed by atoms with E-state index in [0.717, 1.165) is 49.9 Å². The molecule has 0 spiro atoms. The van der Waals surface area contributed by atoms with Crippen molar-refractivity contribution in [3.8, 4) is 11.3 Å². The van der Waals surface area contributed by atoms with Crippen LogP contribution in [0.1, 0.15) is 76.4 Å². The van der Waals surface area contributed by atoms with E-state index < -0.39 is 35.0 Å². The van der Waals surface area contributed by atoms with Gasteiger partial charge < -0.3 is 19.7 Å². The highest BCUT2D eigenvalue weighted by Gasteiger charge is 2.40. The van der Waals surface area contributed by atoms with Crippen LogP contribution >= 0.6 is 0 Å². The lowest BCUT2D eigenvalue weighted by molar-refractivity contribution is -0.138. The molecule has 1 amide bonds. The summed E-state index contributed by atoms with van der Waals surface area (Å²) in [6, 6.07) is 5.64. The van der Waals surface area contributed by atoms with Crippen LogP contribution in [0.15, 0.2) is 36.5 Å². The monoisotopic (exact) mass is 640 g/mol. The molecule has 2 aliphatic carbocycles. The van der Waals surface area contributed by atoms with Gasteiger partial charge in [-0.1, -0.05) is 12.8 Å². The number of aromatic carboxylic acids is 1. The maximum absolute atomic E-state index is 14.6. The molecule has 0 unspecified atom stereocenters. The Bertz CT molecular complexity index is 1810. The molecule has 46 heavy (non-hydrogen) atoms. The number of H-pyrrole nitrogens is 1. The Kier molecular flexibility index (Phi) is 8.17. The van der Waals surface area contributed by atoms with E-state index >= 15 is 0 Å². The van der Waals surface area contributed by atoms with E-state index in [1.807, 2.05) is 11.9 Å². The molecule has 0 saturated heterocycles. The molecule has 6 rings (SSSR count). The number of carbonyl (C=O) groups is 2. The smallest absolute Gasteiger partial charge is 0.418 e. The number of imidazole rings is 1. The lowest BCUT2D eigenvalue weighted by atomic mass is 9.86. The molecule has 1 aromatic carbocycles. The Hall–Kier alpha value is -4.59. The highest BCUT2D eigenvalue weighted by Crippen LogP contribution is 2.46. The van der Waals surface area contributed by atoms with Gasteiger partial charge in [0, 0.05) is 43.8 Å². The molecule has 2 fully saturated rings. The number of alkyl halides is 3. The van der Waals surface area contributed by atoms with E-state index in [-0.39, 0.29) is 45.4 Å². The summed E-state index contributed by atoms with van der Waals surface area (Å²) in [6.07, 6.45) is 2.12. The molecule has 0 aliphatic heterocycles. The SMILES string of the molecule is COCC1(CN(C)c2cc(-c3cnc(C4CC4)c(C(F)(F)F)c3)nc3nc(NC(=O)c4ccc(C(=O)O)cc4F)[nH]c23)CCCC1. The standard InChI is InChI=1S/C32H32F4N6O4/c1-42(15-31(16-46-2)9-3-4-10-31)24-13-23(19-11-21(32(34,35)36)25(37-14-19)17-5-6-17)38-27-26(24)39-30(40-27)41-28(43)20-8-7-18(29(44)45)12-22(20)33/h7-8,11-14,17H,3-6,9-10,15-16H2,1-2H3,(H,44,45)(H2,38,39,40,41,43). The van der Waals surface area contributed by atoms with Crippen molar-refractivity contribution in [1.82, 2.24) is 19.9 Å². The zero-order valence-electron chi connectivity index (χ0n) is 25.2. The van der Waals surface area contributed by atoms with Crippen LogP contribution in [0.2, 0.25) is 0 Å². The van der Waals surface area contributed by atoms with Crippen molar-refractivity contribution in [1.29, 1.82) is 0 Å². The van der Waals surface area contributed by atoms with Crippen LogP contribution in [0, 0.1) is 11.2 Å². The first kappa shape index (κ1) is 31.4. The molecule has 3 heterocycles. The van der Waals surface area contributed by atoms with Gasteiger partial charge in [0.15, 0.2) is 5.65 Å². The van der Waals surface area contributed by atoms with Gasteiger partial charge in [-0.15, -0.1) is 0 Å². The van der Waals surface area contributed by atoms with Crippen molar-refractivity contribution >= 4 is 34.7 Å². The van der Waals surface area contributed by atoms with Crippen LogP contribution < -0.4 is 10.2 Å². The van der Waals surface area contributed by atoms with Crippen LogP contribution in [0.25, 0.3) is 22.4 Å². The second-order valence-electron chi connectivity index (χ2n) is 12.2. The molecule has 0 bridgehead atoms. The third-order valence-corrected chi connectivity index (χ3v) is 8.72. The third kappa shape index (κ3) is 6.26. The lowest BCUT2D eigenvalue weighted by Gasteiger charge is -2.34. The summed E-state index contributed by atoms with van der Waals surface area (Å²) in [7, 11) is 3.52. The molecule has 4 aromatic rings. The third-order valence-electron chi connectivity index (χ3n) is 8.72. The number of rotatable bonds is 10.